The van der Waals surface area contributed by atoms with Crippen LogP contribution in [0.5, 0.6) is 0 Å². The lowest BCUT2D eigenvalue weighted by molar-refractivity contribution is -0.184. The Morgan fingerprint density at radius 3 is 1.94 bits per heavy atom. The minimum Gasteiger partial charge on any atom is -0.459 e. The molecule has 0 aromatic rings. The summed E-state index contributed by atoms with van der Waals surface area (Å²) in [6.45, 7) is 18.6. The van der Waals surface area contributed by atoms with Crippen LogP contribution in [0.15, 0.2) is 0 Å². The molecule has 1 amide bonds. The van der Waals surface area contributed by atoms with Gasteiger partial charge in [-0.2, -0.15) is 0 Å². The first-order chi connectivity index (χ1) is 21.9. The summed E-state index contributed by atoms with van der Waals surface area (Å²) < 4.78 is 23.5. The van der Waals surface area contributed by atoms with Crippen LogP contribution in [0.25, 0.3) is 0 Å². The first kappa shape index (κ1) is 37.2. The largest absolute Gasteiger partial charge is 0.459 e. The summed E-state index contributed by atoms with van der Waals surface area (Å²) in [5.41, 5.74) is -0.467. The minimum absolute atomic E-state index is 0.0115. The quantitative estimate of drug-likeness (QED) is 0.228. The molecule has 0 aromatic carbocycles. The molecule has 47 heavy (non-hydrogen) atoms. The van der Waals surface area contributed by atoms with Crippen molar-refractivity contribution in [3.05, 3.63) is 0 Å². The van der Waals surface area contributed by atoms with E-state index in [0.29, 0.717) is 19.3 Å². The molecular weight excluding hydrogens is 602 g/mol. The number of nitrogens with one attached hydrogen (secondary N) is 1. The standard InChI is InChI=1S/C37H59NO9/c1-11-25(19(2)3)35(47-24(8)42)34(46-23(7)41)20(4)27-12-13-28-26-16-33(43)38-32-17-30(44-21(5)39)31(45-22(6)40)18-37(32,10)29(26)14-15-36(27,28)9/h19-20,25-32,34-35H,11-18H2,1-10H3,(H,38,43)/t20-,25-,26-,27+,28-,29-,30-,31+,32-,34-,35-,36+,37+/m0/s1. The molecule has 4 aliphatic rings. The van der Waals surface area contributed by atoms with Crippen molar-refractivity contribution in [3.63, 3.8) is 0 Å². The van der Waals surface area contributed by atoms with Crippen LogP contribution in [0, 0.1) is 52.3 Å². The Balaban J connectivity index is 1.67. The molecule has 10 nitrogen and oxygen atoms in total. The van der Waals surface area contributed by atoms with Crippen LogP contribution in [-0.4, -0.2) is 60.2 Å². The average Bonchev–Trinajstić information content (AvgIpc) is 3.25. The van der Waals surface area contributed by atoms with Crippen LogP contribution in [0.3, 0.4) is 0 Å². The van der Waals surface area contributed by atoms with E-state index in [2.05, 4.69) is 46.9 Å². The van der Waals surface area contributed by atoms with Gasteiger partial charge in [-0.25, -0.2) is 0 Å². The van der Waals surface area contributed by atoms with Gasteiger partial charge in [0.15, 0.2) is 0 Å². The van der Waals surface area contributed by atoms with Gasteiger partial charge in [-0.05, 0) is 78.9 Å². The summed E-state index contributed by atoms with van der Waals surface area (Å²) in [5, 5.41) is 3.31. The van der Waals surface area contributed by atoms with Crippen LogP contribution in [0.2, 0.25) is 0 Å². The van der Waals surface area contributed by atoms with E-state index < -0.39 is 36.4 Å². The van der Waals surface area contributed by atoms with E-state index in [9.17, 15) is 24.0 Å². The number of ether oxygens (including phenoxy) is 4. The molecule has 1 N–H and O–H groups in total. The van der Waals surface area contributed by atoms with Crippen molar-refractivity contribution in [1.82, 2.24) is 5.32 Å². The first-order valence-corrected chi connectivity index (χ1v) is 17.9. The van der Waals surface area contributed by atoms with Crippen molar-refractivity contribution in [2.75, 3.05) is 0 Å². The van der Waals surface area contributed by atoms with Gasteiger partial charge in [0.2, 0.25) is 5.91 Å². The highest BCUT2D eigenvalue weighted by molar-refractivity contribution is 5.77. The van der Waals surface area contributed by atoms with Crippen LogP contribution in [0.4, 0.5) is 0 Å². The molecule has 3 aliphatic carbocycles. The zero-order chi connectivity index (χ0) is 35.0. The van der Waals surface area contributed by atoms with Crippen LogP contribution in [0.1, 0.15) is 121 Å². The number of hydrogen-bond acceptors (Lipinski definition) is 9. The third-order valence-corrected chi connectivity index (χ3v) is 12.9. The van der Waals surface area contributed by atoms with Gasteiger partial charge in [-0.15, -0.1) is 0 Å². The molecule has 0 unspecified atom stereocenters. The summed E-state index contributed by atoms with van der Waals surface area (Å²) in [6.07, 6.45) is 3.53. The molecule has 13 atom stereocenters. The van der Waals surface area contributed by atoms with E-state index in [1.165, 1.54) is 27.7 Å². The average molecular weight is 662 g/mol. The lowest BCUT2D eigenvalue weighted by Crippen LogP contribution is -2.59. The zero-order valence-electron chi connectivity index (χ0n) is 30.3. The van der Waals surface area contributed by atoms with Crippen molar-refractivity contribution >= 4 is 29.8 Å². The number of amides is 1. The predicted molar refractivity (Wildman–Crippen MR) is 174 cm³/mol. The summed E-state index contributed by atoms with van der Waals surface area (Å²) in [5.74, 6) is -0.616. The molecule has 1 saturated heterocycles. The molecule has 0 radical (unpaired) electrons. The Labute approximate surface area is 281 Å². The molecule has 0 aromatic heterocycles. The maximum Gasteiger partial charge on any atom is 0.303 e. The van der Waals surface area contributed by atoms with Gasteiger partial charge in [0.25, 0.3) is 0 Å². The minimum atomic E-state index is -0.613. The normalized spacial score (nSPS) is 37.4. The van der Waals surface area contributed by atoms with Crippen molar-refractivity contribution in [3.8, 4) is 0 Å². The second-order valence-corrected chi connectivity index (χ2v) is 16.0. The first-order valence-electron chi connectivity index (χ1n) is 17.9. The van der Waals surface area contributed by atoms with Crippen LogP contribution in [-0.2, 0) is 42.9 Å². The summed E-state index contributed by atoms with van der Waals surface area (Å²) in [6, 6.07) is -0.207. The smallest absolute Gasteiger partial charge is 0.303 e. The van der Waals surface area contributed by atoms with E-state index in [0.717, 1.165) is 32.1 Å². The highest BCUT2D eigenvalue weighted by Crippen LogP contribution is 2.66. The monoisotopic (exact) mass is 661 g/mol. The number of esters is 4. The lowest BCUT2D eigenvalue weighted by Gasteiger charge is -2.57. The molecule has 1 heterocycles. The number of fused-ring (bicyclic) bond motifs is 5. The SMILES string of the molecule is CC[C@@H](C(C)C)[C@H](OC(C)=O)[C@@H](OC(C)=O)[C@@H](C)[C@H]1CC[C@H]2[C@@H]3CC(=O)N[C@H]4C[C@H](OC(C)=O)[C@H](OC(C)=O)C[C@]4(C)[C@H]3CC[C@]12C. The van der Waals surface area contributed by atoms with E-state index in [4.69, 9.17) is 18.9 Å². The summed E-state index contributed by atoms with van der Waals surface area (Å²) in [7, 11) is 0. The van der Waals surface area contributed by atoms with Crippen molar-refractivity contribution < 1.29 is 42.9 Å². The molecule has 10 heteroatoms. The number of rotatable bonds is 10. The highest BCUT2D eigenvalue weighted by Gasteiger charge is 2.63. The summed E-state index contributed by atoms with van der Waals surface area (Å²) in [4.78, 5) is 62.7. The number of carbonyl (C=O) groups is 5. The fourth-order valence-corrected chi connectivity index (χ4v) is 11.0. The third-order valence-electron chi connectivity index (χ3n) is 12.9. The topological polar surface area (TPSA) is 134 Å². The van der Waals surface area contributed by atoms with Gasteiger partial charge < -0.3 is 24.3 Å². The van der Waals surface area contributed by atoms with Crippen LogP contribution < -0.4 is 5.32 Å². The maximum absolute atomic E-state index is 13.6. The third kappa shape index (κ3) is 7.51. The lowest BCUT2D eigenvalue weighted by atomic mass is 9.49. The Hall–Kier alpha value is -2.65. The van der Waals surface area contributed by atoms with Gasteiger partial charge in [-0.3, -0.25) is 24.0 Å². The van der Waals surface area contributed by atoms with Crippen LogP contribution >= 0.6 is 0 Å². The molecular formula is C37H59NO9. The van der Waals surface area contributed by atoms with Gasteiger partial charge in [0.1, 0.15) is 24.4 Å². The van der Waals surface area contributed by atoms with E-state index >= 15 is 0 Å². The van der Waals surface area contributed by atoms with Crippen molar-refractivity contribution in [2.45, 2.75) is 151 Å². The summed E-state index contributed by atoms with van der Waals surface area (Å²) >= 11 is 0. The number of carbonyl (C=O) groups excluding carboxylic acids is 5. The van der Waals surface area contributed by atoms with E-state index in [1.54, 1.807) is 0 Å². The molecule has 4 fully saturated rings. The van der Waals surface area contributed by atoms with Gasteiger partial charge >= 0.3 is 23.9 Å². The molecule has 3 saturated carbocycles. The molecule has 0 spiro atoms. The van der Waals surface area contributed by atoms with Gasteiger partial charge in [-0.1, -0.05) is 41.5 Å². The van der Waals surface area contributed by atoms with Gasteiger partial charge in [0.05, 0.1) is 0 Å². The molecule has 0 bridgehead atoms. The highest BCUT2D eigenvalue weighted by atomic mass is 16.6. The molecule has 1 aliphatic heterocycles. The van der Waals surface area contributed by atoms with E-state index in [-0.39, 0.29) is 76.1 Å². The maximum atomic E-state index is 13.6. The molecule has 266 valence electrons. The van der Waals surface area contributed by atoms with Crippen molar-refractivity contribution in [2.24, 2.45) is 52.3 Å². The van der Waals surface area contributed by atoms with Gasteiger partial charge in [0, 0.05) is 58.4 Å². The molecule has 4 rings (SSSR count). The number of hydrogen-bond donors (Lipinski definition) is 1. The predicted octanol–water partition coefficient (Wildman–Crippen LogP) is 5.78. The van der Waals surface area contributed by atoms with E-state index in [1.807, 2.05) is 0 Å². The second-order valence-electron chi connectivity index (χ2n) is 16.0. The fourth-order valence-electron chi connectivity index (χ4n) is 11.0. The Kier molecular flexibility index (Phi) is 11.4. The Morgan fingerprint density at radius 2 is 1.38 bits per heavy atom. The fraction of sp³-hybridized carbons (Fsp3) is 0.865. The Morgan fingerprint density at radius 1 is 0.809 bits per heavy atom. The second kappa shape index (κ2) is 14.5. The zero-order valence-corrected chi connectivity index (χ0v) is 30.3. The Bertz CT molecular complexity index is 1200. The van der Waals surface area contributed by atoms with Crippen molar-refractivity contribution in [1.29, 1.82) is 0 Å².